The van der Waals surface area contributed by atoms with Gasteiger partial charge in [-0.2, -0.15) is 12.6 Å². The Morgan fingerprint density at radius 1 is 1.41 bits per heavy atom. The Morgan fingerprint density at radius 2 is 2.18 bits per heavy atom. The zero-order valence-corrected chi connectivity index (χ0v) is 11.8. The Balaban J connectivity index is 1.76. The van der Waals surface area contributed by atoms with E-state index in [1.165, 1.54) is 26.1 Å². The van der Waals surface area contributed by atoms with Crippen molar-refractivity contribution in [1.29, 1.82) is 0 Å². The summed E-state index contributed by atoms with van der Waals surface area (Å²) in [6.07, 6.45) is 1.87. The molecule has 0 aromatic heterocycles. The van der Waals surface area contributed by atoms with Gasteiger partial charge in [-0.25, -0.2) is 0 Å². The summed E-state index contributed by atoms with van der Waals surface area (Å²) in [6.45, 7) is 9.90. The van der Waals surface area contributed by atoms with Crippen LogP contribution in [0.2, 0.25) is 0 Å². The molecule has 3 nitrogen and oxygen atoms in total. The summed E-state index contributed by atoms with van der Waals surface area (Å²) in [5, 5.41) is 0.260. The van der Waals surface area contributed by atoms with Gasteiger partial charge in [-0.1, -0.05) is 13.8 Å². The largest absolute Gasteiger partial charge is 0.341 e. The Morgan fingerprint density at radius 3 is 2.76 bits per heavy atom. The molecule has 0 aliphatic carbocycles. The second-order valence-corrected chi connectivity index (χ2v) is 6.70. The van der Waals surface area contributed by atoms with Crippen LogP contribution >= 0.6 is 12.6 Å². The highest BCUT2D eigenvalue weighted by molar-refractivity contribution is 7.81. The molecule has 2 fully saturated rings. The summed E-state index contributed by atoms with van der Waals surface area (Å²) in [7, 11) is 0. The molecular weight excluding hydrogens is 232 g/mol. The SMILES string of the molecule is CC(C)CN1CCC(CN2CC(S)CC2=O)C1. The van der Waals surface area contributed by atoms with E-state index in [1.807, 2.05) is 4.90 Å². The monoisotopic (exact) mass is 256 g/mol. The first-order chi connectivity index (χ1) is 8.04. The lowest BCUT2D eigenvalue weighted by molar-refractivity contribution is -0.128. The standard InChI is InChI=1S/C13H24N2OS/c1-10(2)6-14-4-3-11(7-14)8-15-9-12(17)5-13(15)16/h10-12,17H,3-9H2,1-2H3. The zero-order chi connectivity index (χ0) is 12.4. The van der Waals surface area contributed by atoms with E-state index >= 15 is 0 Å². The van der Waals surface area contributed by atoms with E-state index in [0.717, 1.165) is 19.0 Å². The first kappa shape index (κ1) is 13.2. The smallest absolute Gasteiger partial charge is 0.223 e. The van der Waals surface area contributed by atoms with E-state index in [-0.39, 0.29) is 5.25 Å². The van der Waals surface area contributed by atoms with Crippen molar-refractivity contribution in [3.05, 3.63) is 0 Å². The predicted octanol–water partition coefficient (Wildman–Crippen LogP) is 1.49. The number of carbonyl (C=O) groups excluding carboxylic acids is 1. The van der Waals surface area contributed by atoms with Crippen LogP contribution in [0.25, 0.3) is 0 Å². The van der Waals surface area contributed by atoms with E-state index in [4.69, 9.17) is 0 Å². The third-order valence-corrected chi connectivity index (χ3v) is 4.01. The van der Waals surface area contributed by atoms with E-state index in [9.17, 15) is 4.79 Å². The summed E-state index contributed by atoms with van der Waals surface area (Å²) >= 11 is 4.40. The van der Waals surface area contributed by atoms with Gasteiger partial charge >= 0.3 is 0 Å². The van der Waals surface area contributed by atoms with Gasteiger partial charge < -0.3 is 9.80 Å². The molecule has 2 saturated heterocycles. The molecule has 98 valence electrons. The van der Waals surface area contributed by atoms with Crippen LogP contribution in [-0.4, -0.2) is 53.7 Å². The van der Waals surface area contributed by atoms with E-state index in [1.54, 1.807) is 0 Å². The number of hydrogen-bond donors (Lipinski definition) is 1. The van der Waals surface area contributed by atoms with Gasteiger partial charge in [-0.05, 0) is 24.8 Å². The molecule has 2 atom stereocenters. The molecule has 0 bridgehead atoms. The van der Waals surface area contributed by atoms with Crippen molar-refractivity contribution in [3.63, 3.8) is 0 Å². The second-order valence-electron chi connectivity index (χ2n) is 5.96. The van der Waals surface area contributed by atoms with Crippen molar-refractivity contribution >= 4 is 18.5 Å². The van der Waals surface area contributed by atoms with E-state index in [2.05, 4.69) is 31.4 Å². The van der Waals surface area contributed by atoms with Gasteiger partial charge in [-0.15, -0.1) is 0 Å². The lowest BCUT2D eigenvalue weighted by Crippen LogP contribution is -2.33. The Hall–Kier alpha value is -0.220. The summed E-state index contributed by atoms with van der Waals surface area (Å²) in [5.74, 6) is 1.72. The van der Waals surface area contributed by atoms with Gasteiger partial charge in [0.15, 0.2) is 0 Å². The Labute approximate surface area is 110 Å². The number of likely N-dealkylation sites (tertiary alicyclic amines) is 2. The third-order valence-electron chi connectivity index (χ3n) is 3.67. The first-order valence-electron chi connectivity index (χ1n) is 6.72. The highest BCUT2D eigenvalue weighted by Gasteiger charge is 2.31. The molecule has 0 N–H and O–H groups in total. The first-order valence-corrected chi connectivity index (χ1v) is 7.24. The van der Waals surface area contributed by atoms with Crippen molar-refractivity contribution in [3.8, 4) is 0 Å². The van der Waals surface area contributed by atoms with Gasteiger partial charge in [0.05, 0.1) is 0 Å². The summed E-state index contributed by atoms with van der Waals surface area (Å²) in [6, 6.07) is 0. The van der Waals surface area contributed by atoms with Crippen molar-refractivity contribution in [2.75, 3.05) is 32.7 Å². The molecule has 0 radical (unpaired) electrons. The normalized spacial score (nSPS) is 30.8. The average Bonchev–Trinajstić information content (AvgIpc) is 2.74. The lowest BCUT2D eigenvalue weighted by atomic mass is 10.1. The summed E-state index contributed by atoms with van der Waals surface area (Å²) in [4.78, 5) is 16.2. The van der Waals surface area contributed by atoms with E-state index < -0.39 is 0 Å². The maximum Gasteiger partial charge on any atom is 0.223 e. The molecule has 2 aliphatic rings. The fraction of sp³-hybridized carbons (Fsp3) is 0.923. The molecule has 2 aliphatic heterocycles. The number of rotatable bonds is 4. The van der Waals surface area contributed by atoms with Gasteiger partial charge in [0.1, 0.15) is 0 Å². The maximum atomic E-state index is 11.7. The van der Waals surface area contributed by atoms with Gasteiger partial charge in [0.25, 0.3) is 0 Å². The Bertz CT molecular complexity index is 283. The van der Waals surface area contributed by atoms with Crippen LogP contribution in [0.15, 0.2) is 0 Å². The van der Waals surface area contributed by atoms with Crippen LogP contribution in [0.5, 0.6) is 0 Å². The van der Waals surface area contributed by atoms with Crippen molar-refractivity contribution in [1.82, 2.24) is 9.80 Å². The fourth-order valence-electron chi connectivity index (χ4n) is 2.98. The highest BCUT2D eigenvalue weighted by atomic mass is 32.1. The van der Waals surface area contributed by atoms with Gasteiger partial charge in [-0.3, -0.25) is 4.79 Å². The van der Waals surface area contributed by atoms with Crippen molar-refractivity contribution in [2.24, 2.45) is 11.8 Å². The summed E-state index contributed by atoms with van der Waals surface area (Å²) in [5.41, 5.74) is 0. The second kappa shape index (κ2) is 5.61. The van der Waals surface area contributed by atoms with E-state index in [0.29, 0.717) is 18.2 Å². The quantitative estimate of drug-likeness (QED) is 0.771. The minimum absolute atomic E-state index is 0.260. The van der Waals surface area contributed by atoms with Crippen molar-refractivity contribution < 1.29 is 4.79 Å². The van der Waals surface area contributed by atoms with Crippen LogP contribution in [0.3, 0.4) is 0 Å². The molecule has 2 rings (SSSR count). The molecule has 0 saturated carbocycles. The molecule has 2 heterocycles. The Kier molecular flexibility index (Phi) is 4.36. The number of thiol groups is 1. The lowest BCUT2D eigenvalue weighted by Gasteiger charge is -2.22. The molecule has 0 aromatic rings. The highest BCUT2D eigenvalue weighted by Crippen LogP contribution is 2.22. The fourth-order valence-corrected chi connectivity index (χ4v) is 3.34. The number of hydrogen-bond acceptors (Lipinski definition) is 3. The van der Waals surface area contributed by atoms with Crippen LogP contribution in [0.4, 0.5) is 0 Å². The predicted molar refractivity (Wildman–Crippen MR) is 73.4 cm³/mol. The molecule has 0 spiro atoms. The maximum absolute atomic E-state index is 11.7. The summed E-state index contributed by atoms with van der Waals surface area (Å²) < 4.78 is 0. The van der Waals surface area contributed by atoms with Crippen molar-refractivity contribution in [2.45, 2.75) is 31.9 Å². The molecule has 4 heteroatoms. The number of carbonyl (C=O) groups is 1. The molecule has 0 aromatic carbocycles. The zero-order valence-electron chi connectivity index (χ0n) is 10.9. The van der Waals surface area contributed by atoms with Crippen LogP contribution in [0, 0.1) is 11.8 Å². The van der Waals surface area contributed by atoms with Gasteiger partial charge in [0, 0.05) is 37.8 Å². The average molecular weight is 256 g/mol. The minimum Gasteiger partial charge on any atom is -0.341 e. The number of amides is 1. The van der Waals surface area contributed by atoms with Gasteiger partial charge in [0.2, 0.25) is 5.91 Å². The molecule has 1 amide bonds. The topological polar surface area (TPSA) is 23.6 Å². The molecule has 2 unspecified atom stereocenters. The third kappa shape index (κ3) is 3.62. The molecular formula is C13H24N2OS. The van der Waals surface area contributed by atoms with Crippen LogP contribution < -0.4 is 0 Å². The van der Waals surface area contributed by atoms with Crippen LogP contribution in [0.1, 0.15) is 26.7 Å². The minimum atomic E-state index is 0.260. The molecule has 17 heavy (non-hydrogen) atoms. The van der Waals surface area contributed by atoms with Crippen LogP contribution in [-0.2, 0) is 4.79 Å². The number of nitrogens with zero attached hydrogens (tertiary/aromatic N) is 2.